The lowest BCUT2D eigenvalue weighted by Crippen LogP contribution is -2.10. The van der Waals surface area contributed by atoms with Crippen LogP contribution in [0.25, 0.3) is 0 Å². The van der Waals surface area contributed by atoms with Crippen LogP contribution < -0.4 is 0 Å². The Kier molecular flexibility index (Phi) is 4.08. The lowest BCUT2D eigenvalue weighted by Gasteiger charge is -2.11. The fourth-order valence-electron chi connectivity index (χ4n) is 1.29. The maximum absolute atomic E-state index is 8.89. The Morgan fingerprint density at radius 3 is 2.67 bits per heavy atom. The summed E-state index contributed by atoms with van der Waals surface area (Å²) in [7, 11) is 0. The Labute approximate surface area is 73.4 Å². The molecular weight excluding hydrogens is 154 g/mol. The van der Waals surface area contributed by atoms with Gasteiger partial charge in [0.05, 0.1) is 11.8 Å². The highest BCUT2D eigenvalue weighted by Gasteiger charge is 2.06. The van der Waals surface area contributed by atoms with Crippen LogP contribution in [0.3, 0.4) is 0 Å². The van der Waals surface area contributed by atoms with Crippen LogP contribution >= 0.6 is 0 Å². The summed E-state index contributed by atoms with van der Waals surface area (Å²) in [6.45, 7) is 2.00. The molecule has 0 aliphatic heterocycles. The SMILES string of the molecule is CC(O)CON=C1CCCCC1. The van der Waals surface area contributed by atoms with Crippen LogP contribution in [0, 0.1) is 0 Å². The third-order valence-corrected chi connectivity index (χ3v) is 1.94. The van der Waals surface area contributed by atoms with E-state index in [0.29, 0.717) is 6.61 Å². The molecule has 0 aromatic heterocycles. The van der Waals surface area contributed by atoms with E-state index in [1.807, 2.05) is 0 Å². The van der Waals surface area contributed by atoms with Crippen LogP contribution in [0.1, 0.15) is 39.0 Å². The molecule has 0 aromatic carbocycles. The minimum atomic E-state index is -0.419. The van der Waals surface area contributed by atoms with Crippen molar-refractivity contribution in [3.8, 4) is 0 Å². The lowest BCUT2D eigenvalue weighted by atomic mass is 9.99. The van der Waals surface area contributed by atoms with Gasteiger partial charge in [-0.3, -0.25) is 0 Å². The average Bonchev–Trinajstić information content (AvgIpc) is 2.05. The first kappa shape index (κ1) is 9.52. The van der Waals surface area contributed by atoms with Crippen molar-refractivity contribution < 1.29 is 9.94 Å². The summed E-state index contributed by atoms with van der Waals surface area (Å²) in [5.41, 5.74) is 1.15. The van der Waals surface area contributed by atoms with E-state index < -0.39 is 6.10 Å². The number of rotatable bonds is 3. The molecular formula is C9H17NO2. The predicted molar refractivity (Wildman–Crippen MR) is 48.2 cm³/mol. The van der Waals surface area contributed by atoms with E-state index in [-0.39, 0.29) is 0 Å². The van der Waals surface area contributed by atoms with Gasteiger partial charge in [0, 0.05) is 0 Å². The Balaban J connectivity index is 2.16. The zero-order chi connectivity index (χ0) is 8.81. The molecule has 1 aliphatic carbocycles. The maximum Gasteiger partial charge on any atom is 0.142 e. The summed E-state index contributed by atoms with van der Waals surface area (Å²) >= 11 is 0. The van der Waals surface area contributed by atoms with Crippen molar-refractivity contribution in [1.29, 1.82) is 0 Å². The lowest BCUT2D eigenvalue weighted by molar-refractivity contribution is 0.0493. The number of nitrogens with zero attached hydrogens (tertiary/aromatic N) is 1. The monoisotopic (exact) mass is 171 g/mol. The van der Waals surface area contributed by atoms with Crippen molar-refractivity contribution in [3.63, 3.8) is 0 Å². The van der Waals surface area contributed by atoms with E-state index in [1.165, 1.54) is 19.3 Å². The topological polar surface area (TPSA) is 41.8 Å². The molecule has 12 heavy (non-hydrogen) atoms. The summed E-state index contributed by atoms with van der Waals surface area (Å²) < 4.78 is 0. The van der Waals surface area contributed by atoms with Gasteiger partial charge in [0.2, 0.25) is 0 Å². The minimum Gasteiger partial charge on any atom is -0.393 e. The highest BCUT2D eigenvalue weighted by molar-refractivity contribution is 5.84. The third-order valence-electron chi connectivity index (χ3n) is 1.94. The van der Waals surface area contributed by atoms with Gasteiger partial charge in [0.25, 0.3) is 0 Å². The van der Waals surface area contributed by atoms with Gasteiger partial charge in [-0.2, -0.15) is 0 Å². The highest BCUT2D eigenvalue weighted by atomic mass is 16.6. The number of hydrogen-bond acceptors (Lipinski definition) is 3. The molecule has 3 heteroatoms. The van der Waals surface area contributed by atoms with Gasteiger partial charge in [0.1, 0.15) is 6.61 Å². The van der Waals surface area contributed by atoms with Crippen LogP contribution in [0.4, 0.5) is 0 Å². The normalized spacial score (nSPS) is 20.3. The number of aliphatic hydroxyl groups is 1. The molecule has 1 saturated carbocycles. The second-order valence-corrected chi connectivity index (χ2v) is 3.36. The standard InChI is InChI=1S/C9H17NO2/c1-8(11)7-12-10-9-5-3-2-4-6-9/h8,11H,2-7H2,1H3. The maximum atomic E-state index is 8.89. The number of hydrogen-bond donors (Lipinski definition) is 1. The van der Waals surface area contributed by atoms with Crippen molar-refractivity contribution in [2.45, 2.75) is 45.1 Å². The molecule has 1 rings (SSSR count). The van der Waals surface area contributed by atoms with E-state index >= 15 is 0 Å². The molecule has 1 unspecified atom stereocenters. The molecule has 1 aliphatic rings. The van der Waals surface area contributed by atoms with Crippen molar-refractivity contribution in [2.24, 2.45) is 5.16 Å². The second kappa shape index (κ2) is 5.14. The highest BCUT2D eigenvalue weighted by Crippen LogP contribution is 2.14. The molecule has 0 spiro atoms. The van der Waals surface area contributed by atoms with Gasteiger partial charge < -0.3 is 9.94 Å². The van der Waals surface area contributed by atoms with Crippen molar-refractivity contribution in [3.05, 3.63) is 0 Å². The van der Waals surface area contributed by atoms with Gasteiger partial charge in [-0.25, -0.2) is 0 Å². The first-order valence-electron chi connectivity index (χ1n) is 4.65. The molecule has 0 heterocycles. The van der Waals surface area contributed by atoms with E-state index in [2.05, 4.69) is 5.16 Å². The van der Waals surface area contributed by atoms with Crippen LogP contribution in [0.15, 0.2) is 5.16 Å². The zero-order valence-corrected chi connectivity index (χ0v) is 7.62. The molecule has 0 aromatic rings. The van der Waals surface area contributed by atoms with Crippen LogP contribution in [0.2, 0.25) is 0 Å². The Bertz CT molecular complexity index is 147. The molecule has 70 valence electrons. The second-order valence-electron chi connectivity index (χ2n) is 3.36. The van der Waals surface area contributed by atoms with Crippen LogP contribution in [-0.4, -0.2) is 23.5 Å². The molecule has 1 N–H and O–H groups in total. The first-order valence-corrected chi connectivity index (χ1v) is 4.65. The van der Waals surface area contributed by atoms with Crippen molar-refractivity contribution >= 4 is 5.71 Å². The molecule has 0 amide bonds. The molecule has 1 atom stereocenters. The summed E-state index contributed by atoms with van der Waals surface area (Å²) in [4.78, 5) is 4.97. The molecule has 0 saturated heterocycles. The summed E-state index contributed by atoms with van der Waals surface area (Å²) in [5.74, 6) is 0. The van der Waals surface area contributed by atoms with E-state index in [4.69, 9.17) is 9.94 Å². The predicted octanol–water partition coefficient (Wildman–Crippen LogP) is 1.70. The molecule has 0 bridgehead atoms. The van der Waals surface area contributed by atoms with Crippen LogP contribution in [-0.2, 0) is 4.84 Å². The summed E-state index contributed by atoms with van der Waals surface area (Å²) in [6.07, 6.45) is 5.50. The minimum absolute atomic E-state index is 0.309. The molecule has 0 radical (unpaired) electrons. The van der Waals surface area contributed by atoms with Gasteiger partial charge in [-0.15, -0.1) is 0 Å². The largest absolute Gasteiger partial charge is 0.393 e. The van der Waals surface area contributed by atoms with Crippen molar-refractivity contribution in [2.75, 3.05) is 6.61 Å². The smallest absolute Gasteiger partial charge is 0.142 e. The number of oxime groups is 1. The van der Waals surface area contributed by atoms with Gasteiger partial charge >= 0.3 is 0 Å². The first-order chi connectivity index (χ1) is 5.79. The summed E-state index contributed by atoms with van der Waals surface area (Å²) in [6, 6.07) is 0. The zero-order valence-electron chi connectivity index (χ0n) is 7.62. The van der Waals surface area contributed by atoms with Gasteiger partial charge in [0.15, 0.2) is 0 Å². The van der Waals surface area contributed by atoms with E-state index in [0.717, 1.165) is 18.6 Å². The van der Waals surface area contributed by atoms with Crippen LogP contribution in [0.5, 0.6) is 0 Å². The Morgan fingerprint density at radius 1 is 1.42 bits per heavy atom. The third kappa shape index (κ3) is 3.72. The average molecular weight is 171 g/mol. The fourth-order valence-corrected chi connectivity index (χ4v) is 1.29. The number of aliphatic hydroxyl groups excluding tert-OH is 1. The Hall–Kier alpha value is -0.570. The van der Waals surface area contributed by atoms with E-state index in [9.17, 15) is 0 Å². The quantitative estimate of drug-likeness (QED) is 0.657. The molecule has 3 nitrogen and oxygen atoms in total. The van der Waals surface area contributed by atoms with E-state index in [1.54, 1.807) is 6.92 Å². The van der Waals surface area contributed by atoms with Crippen molar-refractivity contribution in [1.82, 2.24) is 0 Å². The summed E-state index contributed by atoms with van der Waals surface area (Å²) in [5, 5.41) is 12.9. The molecule has 1 fully saturated rings. The van der Waals surface area contributed by atoms with Gasteiger partial charge in [-0.1, -0.05) is 11.6 Å². The fraction of sp³-hybridized carbons (Fsp3) is 0.889. The van der Waals surface area contributed by atoms with Gasteiger partial charge in [-0.05, 0) is 32.6 Å². The Morgan fingerprint density at radius 2 is 2.08 bits per heavy atom.